The van der Waals surface area contributed by atoms with E-state index in [9.17, 15) is 14.7 Å². The van der Waals surface area contributed by atoms with Crippen molar-refractivity contribution in [2.75, 3.05) is 13.1 Å². The van der Waals surface area contributed by atoms with Gasteiger partial charge in [-0.15, -0.1) is 0 Å². The van der Waals surface area contributed by atoms with Crippen LogP contribution in [0.15, 0.2) is 0 Å². The quantitative estimate of drug-likeness (QED) is 0.727. The summed E-state index contributed by atoms with van der Waals surface area (Å²) in [4.78, 5) is 25.7. The second-order valence-electron chi connectivity index (χ2n) is 6.10. The molecular weight excluding hydrogens is 244 g/mol. The lowest BCUT2D eigenvalue weighted by Gasteiger charge is -2.43. The van der Waals surface area contributed by atoms with E-state index in [1.165, 1.54) is 0 Å². The maximum atomic E-state index is 12.4. The average molecular weight is 268 g/mol. The van der Waals surface area contributed by atoms with Gasteiger partial charge in [-0.25, -0.2) is 0 Å². The summed E-state index contributed by atoms with van der Waals surface area (Å²) in [6.45, 7) is 7.28. The van der Waals surface area contributed by atoms with Crippen LogP contribution in [0, 0.1) is 17.8 Å². The Labute approximate surface area is 114 Å². The molecule has 2 saturated heterocycles. The number of β-lactam (4-membered cyclic amide) rings is 1. The van der Waals surface area contributed by atoms with Crippen LogP contribution in [0.4, 0.5) is 0 Å². The van der Waals surface area contributed by atoms with Crippen LogP contribution in [0.25, 0.3) is 0 Å². The van der Waals surface area contributed by atoms with E-state index in [0.29, 0.717) is 5.92 Å². The van der Waals surface area contributed by atoms with Crippen LogP contribution in [0.5, 0.6) is 0 Å². The first-order valence-corrected chi connectivity index (χ1v) is 7.19. The van der Waals surface area contributed by atoms with E-state index in [1.54, 1.807) is 6.92 Å². The highest BCUT2D eigenvalue weighted by atomic mass is 16.3. The molecule has 19 heavy (non-hydrogen) atoms. The first kappa shape index (κ1) is 14.3. The lowest BCUT2D eigenvalue weighted by atomic mass is 9.78. The monoisotopic (exact) mass is 268 g/mol. The maximum absolute atomic E-state index is 12.4. The molecule has 2 aliphatic heterocycles. The van der Waals surface area contributed by atoms with Crippen LogP contribution < -0.4 is 5.32 Å². The van der Waals surface area contributed by atoms with Gasteiger partial charge < -0.3 is 15.3 Å². The number of aliphatic hydroxyl groups excluding tert-OH is 1. The Hall–Kier alpha value is -1.10. The molecule has 2 fully saturated rings. The largest absolute Gasteiger partial charge is 0.393 e. The van der Waals surface area contributed by atoms with E-state index in [-0.39, 0.29) is 23.8 Å². The van der Waals surface area contributed by atoms with Gasteiger partial charge in [0, 0.05) is 13.1 Å². The molecule has 0 aromatic rings. The maximum Gasteiger partial charge on any atom is 0.228 e. The van der Waals surface area contributed by atoms with Gasteiger partial charge in [-0.2, -0.15) is 0 Å². The Morgan fingerprint density at radius 3 is 2.42 bits per heavy atom. The third-order valence-electron chi connectivity index (χ3n) is 4.54. The molecule has 0 spiro atoms. The standard InChI is InChI=1S/C14H24N2O3/c1-8-4-6-16(7-5-8)14(19)9(2)12-11(10(3)17)13(18)15-12/h8-12,17H,4-7H2,1-3H3,(H,15,18)/t9-,10-,11-,12-/m1/s1. The molecule has 5 nitrogen and oxygen atoms in total. The van der Waals surface area contributed by atoms with Crippen LogP contribution in [0.2, 0.25) is 0 Å². The Morgan fingerprint density at radius 2 is 1.95 bits per heavy atom. The zero-order valence-electron chi connectivity index (χ0n) is 11.9. The highest BCUT2D eigenvalue weighted by Crippen LogP contribution is 2.28. The Kier molecular flexibility index (Phi) is 4.13. The number of carbonyl (C=O) groups is 2. The number of hydrogen-bond donors (Lipinski definition) is 2. The SMILES string of the molecule is CC1CCN(C(=O)[C@H](C)[C@H]2NC(=O)[C@@H]2[C@@H](C)O)CC1. The van der Waals surface area contributed by atoms with Crippen LogP contribution >= 0.6 is 0 Å². The van der Waals surface area contributed by atoms with Crippen LogP contribution in [0.3, 0.4) is 0 Å². The fourth-order valence-electron chi connectivity index (χ4n) is 3.04. The minimum atomic E-state index is -0.699. The van der Waals surface area contributed by atoms with Crippen molar-refractivity contribution in [2.45, 2.75) is 45.8 Å². The van der Waals surface area contributed by atoms with Gasteiger partial charge in [0.25, 0.3) is 0 Å². The molecule has 0 aliphatic carbocycles. The number of likely N-dealkylation sites (tertiary alicyclic amines) is 1. The lowest BCUT2D eigenvalue weighted by Crippen LogP contribution is -2.66. The summed E-state index contributed by atoms with van der Waals surface area (Å²) in [7, 11) is 0. The molecule has 0 aromatic heterocycles. The number of nitrogens with zero attached hydrogens (tertiary/aromatic N) is 1. The van der Waals surface area contributed by atoms with Crippen molar-refractivity contribution >= 4 is 11.8 Å². The molecule has 0 aromatic carbocycles. The third kappa shape index (κ3) is 2.76. The zero-order chi connectivity index (χ0) is 14.2. The van der Waals surface area contributed by atoms with Gasteiger partial charge in [0.1, 0.15) is 0 Å². The molecule has 0 unspecified atom stereocenters. The van der Waals surface area contributed by atoms with Crippen LogP contribution in [-0.4, -0.2) is 47.1 Å². The summed E-state index contributed by atoms with van der Waals surface area (Å²) in [5, 5.41) is 12.4. The van der Waals surface area contributed by atoms with Crippen molar-refractivity contribution in [2.24, 2.45) is 17.8 Å². The normalized spacial score (nSPS) is 31.4. The van der Waals surface area contributed by atoms with Crippen molar-refractivity contribution in [1.82, 2.24) is 10.2 Å². The van der Waals surface area contributed by atoms with E-state index >= 15 is 0 Å². The van der Waals surface area contributed by atoms with Crippen LogP contribution in [0.1, 0.15) is 33.6 Å². The molecule has 2 N–H and O–H groups in total. The van der Waals surface area contributed by atoms with Gasteiger partial charge in [-0.3, -0.25) is 9.59 Å². The van der Waals surface area contributed by atoms with E-state index in [2.05, 4.69) is 12.2 Å². The second kappa shape index (κ2) is 5.49. The van der Waals surface area contributed by atoms with Crippen LogP contribution in [-0.2, 0) is 9.59 Å². The highest BCUT2D eigenvalue weighted by Gasteiger charge is 2.47. The smallest absolute Gasteiger partial charge is 0.228 e. The topological polar surface area (TPSA) is 69.6 Å². The molecule has 2 heterocycles. The van der Waals surface area contributed by atoms with Gasteiger partial charge in [0.2, 0.25) is 11.8 Å². The molecule has 0 bridgehead atoms. The number of rotatable bonds is 3. The van der Waals surface area contributed by atoms with Crippen molar-refractivity contribution in [3.8, 4) is 0 Å². The molecule has 0 saturated carbocycles. The van der Waals surface area contributed by atoms with Gasteiger partial charge >= 0.3 is 0 Å². The summed E-state index contributed by atoms with van der Waals surface area (Å²) in [6, 6.07) is -0.223. The lowest BCUT2D eigenvalue weighted by molar-refractivity contribution is -0.149. The van der Waals surface area contributed by atoms with Crippen molar-refractivity contribution < 1.29 is 14.7 Å². The summed E-state index contributed by atoms with van der Waals surface area (Å²) in [6.07, 6.45) is 1.40. The van der Waals surface area contributed by atoms with E-state index in [1.807, 2.05) is 11.8 Å². The summed E-state index contributed by atoms with van der Waals surface area (Å²) in [5.74, 6) is -0.0594. The number of nitrogens with one attached hydrogen (secondary N) is 1. The number of aliphatic hydroxyl groups is 1. The minimum Gasteiger partial charge on any atom is -0.393 e. The number of piperidine rings is 1. The molecule has 0 radical (unpaired) electrons. The Bertz CT molecular complexity index is 362. The molecule has 4 atom stereocenters. The highest BCUT2D eigenvalue weighted by molar-refractivity contribution is 5.90. The van der Waals surface area contributed by atoms with Gasteiger partial charge in [0.05, 0.1) is 24.0 Å². The Balaban J connectivity index is 1.94. The van der Waals surface area contributed by atoms with E-state index < -0.39 is 12.0 Å². The molecular formula is C14H24N2O3. The van der Waals surface area contributed by atoms with Gasteiger partial charge in [-0.05, 0) is 25.7 Å². The minimum absolute atomic E-state index is 0.0996. The van der Waals surface area contributed by atoms with E-state index in [0.717, 1.165) is 25.9 Å². The fraction of sp³-hybridized carbons (Fsp3) is 0.857. The molecule has 108 valence electrons. The number of amides is 2. The molecule has 2 amide bonds. The van der Waals surface area contributed by atoms with Crippen molar-refractivity contribution in [3.63, 3.8) is 0 Å². The molecule has 5 heteroatoms. The second-order valence-corrected chi connectivity index (χ2v) is 6.10. The third-order valence-corrected chi connectivity index (χ3v) is 4.54. The predicted molar refractivity (Wildman–Crippen MR) is 71.2 cm³/mol. The van der Waals surface area contributed by atoms with Gasteiger partial charge in [-0.1, -0.05) is 13.8 Å². The van der Waals surface area contributed by atoms with E-state index in [4.69, 9.17) is 0 Å². The van der Waals surface area contributed by atoms with Crippen molar-refractivity contribution in [3.05, 3.63) is 0 Å². The zero-order valence-corrected chi connectivity index (χ0v) is 11.9. The summed E-state index contributed by atoms with van der Waals surface area (Å²) in [5.41, 5.74) is 0. The average Bonchev–Trinajstić information content (AvgIpc) is 2.34. The first-order chi connectivity index (χ1) is 8.91. The van der Waals surface area contributed by atoms with Gasteiger partial charge in [0.15, 0.2) is 0 Å². The summed E-state index contributed by atoms with van der Waals surface area (Å²) >= 11 is 0. The first-order valence-electron chi connectivity index (χ1n) is 7.19. The van der Waals surface area contributed by atoms with Crippen molar-refractivity contribution in [1.29, 1.82) is 0 Å². The number of hydrogen-bond acceptors (Lipinski definition) is 3. The molecule has 2 rings (SSSR count). The molecule has 2 aliphatic rings. The summed E-state index contributed by atoms with van der Waals surface area (Å²) < 4.78 is 0. The Morgan fingerprint density at radius 1 is 1.37 bits per heavy atom. The fourth-order valence-corrected chi connectivity index (χ4v) is 3.04. The number of carbonyl (C=O) groups excluding carboxylic acids is 2. The predicted octanol–water partition coefficient (Wildman–Crippen LogP) is 0.376.